The Kier molecular flexibility index (Phi) is 7.14. The summed E-state index contributed by atoms with van der Waals surface area (Å²) in [5, 5.41) is 7.94. The number of benzene rings is 1. The van der Waals surface area contributed by atoms with Crippen LogP contribution < -0.4 is 25.8 Å². The molecule has 0 bridgehead atoms. The van der Waals surface area contributed by atoms with Crippen molar-refractivity contribution >= 4 is 34.1 Å². The maximum absolute atomic E-state index is 13.8. The van der Waals surface area contributed by atoms with E-state index in [-0.39, 0.29) is 5.56 Å². The molecule has 0 radical (unpaired) electrons. The Morgan fingerprint density at radius 3 is 2.73 bits per heavy atom. The number of amides is 1. The molecule has 9 heteroatoms. The van der Waals surface area contributed by atoms with E-state index >= 15 is 0 Å². The molecule has 3 heterocycles. The van der Waals surface area contributed by atoms with Crippen LogP contribution in [-0.2, 0) is 0 Å². The summed E-state index contributed by atoms with van der Waals surface area (Å²) >= 11 is 6.26. The molecule has 2 aromatic heterocycles. The van der Waals surface area contributed by atoms with Crippen molar-refractivity contribution in [2.75, 3.05) is 31.6 Å². The third-order valence-electron chi connectivity index (χ3n) is 7.32. The summed E-state index contributed by atoms with van der Waals surface area (Å²) in [6.45, 7) is 8.22. The number of nitrogens with zero attached hydrogens (tertiary/aromatic N) is 2. The van der Waals surface area contributed by atoms with E-state index in [4.69, 9.17) is 21.3 Å². The highest BCUT2D eigenvalue weighted by atomic mass is 35.5. The lowest BCUT2D eigenvalue weighted by Gasteiger charge is -2.27. The Bertz CT molecular complexity index is 1400. The lowest BCUT2D eigenvalue weighted by molar-refractivity contribution is 0.0939. The second kappa shape index (κ2) is 10.3. The minimum absolute atomic E-state index is 0.134. The fourth-order valence-electron chi connectivity index (χ4n) is 5.16. The number of methoxy groups -OCH3 is 1. The van der Waals surface area contributed by atoms with Gasteiger partial charge in [-0.05, 0) is 69.9 Å². The van der Waals surface area contributed by atoms with Gasteiger partial charge in [-0.1, -0.05) is 11.6 Å². The first-order valence-electron chi connectivity index (χ1n) is 13.0. The molecule has 1 saturated heterocycles. The molecule has 2 aliphatic rings. The molecule has 5 rings (SSSR count). The van der Waals surface area contributed by atoms with E-state index in [1.807, 2.05) is 26.0 Å². The van der Waals surface area contributed by atoms with Gasteiger partial charge in [-0.3, -0.25) is 14.6 Å². The zero-order valence-corrected chi connectivity index (χ0v) is 22.5. The van der Waals surface area contributed by atoms with Crippen LogP contribution in [0, 0.1) is 6.92 Å². The number of ether oxygens (including phenoxy) is 1. The van der Waals surface area contributed by atoms with Crippen LogP contribution in [0.4, 0.5) is 5.69 Å². The zero-order valence-electron chi connectivity index (χ0n) is 21.8. The second-order valence-electron chi connectivity index (χ2n) is 10.3. The van der Waals surface area contributed by atoms with Crippen LogP contribution in [0.25, 0.3) is 10.9 Å². The van der Waals surface area contributed by atoms with E-state index in [0.29, 0.717) is 35.0 Å². The largest absolute Gasteiger partial charge is 0.497 e. The Morgan fingerprint density at radius 2 is 2.00 bits per heavy atom. The van der Waals surface area contributed by atoms with Crippen molar-refractivity contribution in [1.29, 1.82) is 0 Å². The van der Waals surface area contributed by atoms with E-state index < -0.39 is 17.5 Å². The number of H-pyrrole nitrogens is 1. The SMILES string of the molecule is COc1cc(Cl)cc([C@H](C)NC(=O)c2c(N3CCN[C@@H](C)CC3)c3cc(C)nc(C4CC4)c3[nH]c2=O)c1. The smallest absolute Gasteiger partial charge is 0.263 e. The third kappa shape index (κ3) is 5.31. The van der Waals surface area contributed by atoms with Gasteiger partial charge < -0.3 is 25.3 Å². The molecule has 196 valence electrons. The fraction of sp³-hybridized carbons (Fsp3) is 0.464. The molecule has 0 unspecified atom stereocenters. The molecular weight excluding hydrogens is 490 g/mol. The van der Waals surface area contributed by atoms with Gasteiger partial charge in [-0.25, -0.2) is 0 Å². The highest BCUT2D eigenvalue weighted by Gasteiger charge is 2.32. The number of aryl methyl sites for hydroxylation is 1. The van der Waals surface area contributed by atoms with Gasteiger partial charge in [0.1, 0.15) is 11.3 Å². The molecule has 1 aliphatic carbocycles. The normalized spacial score (nSPS) is 18.9. The number of fused-ring (bicyclic) bond motifs is 1. The molecule has 8 nitrogen and oxygen atoms in total. The van der Waals surface area contributed by atoms with E-state index in [1.165, 1.54) is 0 Å². The summed E-state index contributed by atoms with van der Waals surface area (Å²) in [6.07, 6.45) is 3.04. The van der Waals surface area contributed by atoms with Gasteiger partial charge >= 0.3 is 0 Å². The van der Waals surface area contributed by atoms with Gasteiger partial charge in [0, 0.05) is 47.7 Å². The number of aromatic amines is 1. The summed E-state index contributed by atoms with van der Waals surface area (Å²) in [4.78, 5) is 37.4. The van der Waals surface area contributed by atoms with Crippen LogP contribution in [0.15, 0.2) is 29.1 Å². The second-order valence-corrected chi connectivity index (χ2v) is 10.7. The van der Waals surface area contributed by atoms with Crippen molar-refractivity contribution in [2.45, 2.75) is 58.0 Å². The van der Waals surface area contributed by atoms with Crippen LogP contribution in [0.5, 0.6) is 5.75 Å². The molecular formula is C28H34ClN5O3. The number of carbonyl (C=O) groups is 1. The number of hydrogen-bond acceptors (Lipinski definition) is 6. The van der Waals surface area contributed by atoms with E-state index in [2.05, 4.69) is 27.4 Å². The Balaban J connectivity index is 1.62. The first kappa shape index (κ1) is 25.5. The number of aromatic nitrogens is 2. The molecule has 37 heavy (non-hydrogen) atoms. The number of halogens is 1. The Hall–Kier alpha value is -3.10. The topological polar surface area (TPSA) is 99.3 Å². The number of pyridine rings is 2. The van der Waals surface area contributed by atoms with Crippen molar-refractivity contribution < 1.29 is 9.53 Å². The van der Waals surface area contributed by atoms with Crippen LogP contribution >= 0.6 is 11.6 Å². The van der Waals surface area contributed by atoms with Crippen molar-refractivity contribution in [2.24, 2.45) is 0 Å². The summed E-state index contributed by atoms with van der Waals surface area (Å²) in [5.41, 5.74) is 3.79. The van der Waals surface area contributed by atoms with Gasteiger partial charge in [-0.15, -0.1) is 0 Å². The number of rotatable bonds is 6. The van der Waals surface area contributed by atoms with Gasteiger partial charge in [0.05, 0.1) is 30.0 Å². The van der Waals surface area contributed by atoms with Gasteiger partial charge in [0.2, 0.25) is 0 Å². The zero-order chi connectivity index (χ0) is 26.3. The van der Waals surface area contributed by atoms with Crippen molar-refractivity contribution in [3.63, 3.8) is 0 Å². The third-order valence-corrected chi connectivity index (χ3v) is 7.54. The quantitative estimate of drug-likeness (QED) is 0.441. The molecule has 1 aromatic carbocycles. The first-order valence-corrected chi connectivity index (χ1v) is 13.3. The monoisotopic (exact) mass is 523 g/mol. The predicted octanol–water partition coefficient (Wildman–Crippen LogP) is 4.45. The molecule has 1 aliphatic heterocycles. The minimum atomic E-state index is -0.419. The van der Waals surface area contributed by atoms with Gasteiger partial charge in [-0.2, -0.15) is 0 Å². The molecule has 1 amide bonds. The Morgan fingerprint density at radius 1 is 1.22 bits per heavy atom. The van der Waals surface area contributed by atoms with Gasteiger partial charge in [0.15, 0.2) is 0 Å². The summed E-state index contributed by atoms with van der Waals surface area (Å²) in [7, 11) is 1.57. The maximum Gasteiger partial charge on any atom is 0.263 e. The van der Waals surface area contributed by atoms with E-state index in [0.717, 1.165) is 60.2 Å². The van der Waals surface area contributed by atoms with Crippen molar-refractivity contribution in [1.82, 2.24) is 20.6 Å². The van der Waals surface area contributed by atoms with Crippen LogP contribution in [0.3, 0.4) is 0 Å². The molecule has 3 aromatic rings. The average Bonchev–Trinajstić information content (AvgIpc) is 3.71. The van der Waals surface area contributed by atoms with E-state index in [9.17, 15) is 9.59 Å². The first-order chi connectivity index (χ1) is 17.7. The summed E-state index contributed by atoms with van der Waals surface area (Å²) in [6, 6.07) is 7.30. The maximum atomic E-state index is 13.8. The van der Waals surface area contributed by atoms with E-state index in [1.54, 1.807) is 19.2 Å². The predicted molar refractivity (Wildman–Crippen MR) is 147 cm³/mol. The highest BCUT2D eigenvalue weighted by Crippen LogP contribution is 2.43. The molecule has 3 N–H and O–H groups in total. The van der Waals surface area contributed by atoms with Crippen LogP contribution in [0.2, 0.25) is 5.02 Å². The number of carbonyl (C=O) groups excluding carboxylic acids is 1. The standard InChI is InChI=1S/C28H34ClN5O3/c1-15-7-9-34(10-8-30-15)26-22-11-16(2)31-24(18-5-6-18)25(22)33-28(36)23(26)27(35)32-17(3)19-12-20(29)14-21(13-19)37-4/h11-15,17-18,30H,5-10H2,1-4H3,(H,32,35)(H,33,36)/t15-,17-/m0/s1. The lowest BCUT2D eigenvalue weighted by atomic mass is 10.0. The lowest BCUT2D eigenvalue weighted by Crippen LogP contribution is -2.37. The fourth-order valence-corrected chi connectivity index (χ4v) is 5.40. The average molecular weight is 524 g/mol. The molecule has 2 fully saturated rings. The number of nitrogens with one attached hydrogen (secondary N) is 3. The van der Waals surface area contributed by atoms with Crippen LogP contribution in [0.1, 0.15) is 72.4 Å². The minimum Gasteiger partial charge on any atom is -0.497 e. The van der Waals surface area contributed by atoms with Crippen molar-refractivity contribution in [3.05, 3.63) is 62.2 Å². The number of anilines is 1. The van der Waals surface area contributed by atoms with Crippen molar-refractivity contribution in [3.8, 4) is 5.75 Å². The summed E-state index contributed by atoms with van der Waals surface area (Å²) in [5.74, 6) is 0.543. The summed E-state index contributed by atoms with van der Waals surface area (Å²) < 4.78 is 5.34. The highest BCUT2D eigenvalue weighted by molar-refractivity contribution is 6.30. The Labute approximate surface area is 221 Å². The van der Waals surface area contributed by atoms with Gasteiger partial charge in [0.25, 0.3) is 11.5 Å². The molecule has 2 atom stereocenters. The van der Waals surface area contributed by atoms with Crippen LogP contribution in [-0.4, -0.2) is 48.7 Å². The molecule has 0 spiro atoms. The molecule has 1 saturated carbocycles. The number of hydrogen-bond donors (Lipinski definition) is 3.